The zero-order chi connectivity index (χ0) is 22.1. The number of anilines is 1. The van der Waals surface area contributed by atoms with Crippen LogP contribution in [0.5, 0.6) is 11.5 Å². The van der Waals surface area contributed by atoms with E-state index in [1.807, 2.05) is 0 Å². The highest BCUT2D eigenvalue weighted by molar-refractivity contribution is 6.35. The predicted octanol–water partition coefficient (Wildman–Crippen LogP) is 2.04. The number of amides is 2. The van der Waals surface area contributed by atoms with Gasteiger partial charge in [-0.15, -0.1) is 0 Å². The number of halogens is 1. The van der Waals surface area contributed by atoms with Crippen molar-refractivity contribution in [1.82, 2.24) is 10.2 Å². The molecule has 3 rings (SSSR count). The smallest absolute Gasteiger partial charge is 0.410 e. The molecule has 0 aromatic heterocycles. The van der Waals surface area contributed by atoms with E-state index in [0.717, 1.165) is 0 Å². The van der Waals surface area contributed by atoms with Gasteiger partial charge in [-0.05, 0) is 33.3 Å². The van der Waals surface area contributed by atoms with E-state index >= 15 is 0 Å². The number of ether oxygens (including phenoxy) is 3. The minimum Gasteiger partial charge on any atom is -0.485 e. The van der Waals surface area contributed by atoms with E-state index in [9.17, 15) is 14.7 Å². The summed E-state index contributed by atoms with van der Waals surface area (Å²) in [4.78, 5) is 26.4. The first-order chi connectivity index (χ1) is 14.1. The van der Waals surface area contributed by atoms with Gasteiger partial charge in [-0.1, -0.05) is 11.6 Å². The number of hydrogen-bond acceptors (Lipinski definition) is 7. The zero-order valence-electron chi connectivity index (χ0n) is 17.4. The molecule has 2 amide bonds. The van der Waals surface area contributed by atoms with Crippen LogP contribution in [0, 0.1) is 5.92 Å². The van der Waals surface area contributed by atoms with Crippen molar-refractivity contribution in [3.05, 3.63) is 16.7 Å². The summed E-state index contributed by atoms with van der Waals surface area (Å²) < 4.78 is 16.4. The van der Waals surface area contributed by atoms with E-state index in [2.05, 4.69) is 5.32 Å². The Morgan fingerprint density at radius 2 is 2.00 bits per heavy atom. The maximum atomic E-state index is 12.7. The second-order valence-electron chi connectivity index (χ2n) is 8.43. The lowest BCUT2D eigenvalue weighted by Gasteiger charge is -2.36. The van der Waals surface area contributed by atoms with Gasteiger partial charge in [-0.25, -0.2) is 4.79 Å². The van der Waals surface area contributed by atoms with Crippen LogP contribution >= 0.6 is 11.6 Å². The number of β-amino-alcohol motifs (C(OH)–C–C–N with tert-alkyl or cyclic N) is 1. The van der Waals surface area contributed by atoms with Gasteiger partial charge in [0.25, 0.3) is 5.91 Å². The third kappa shape index (κ3) is 5.02. The number of piperidine rings is 1. The third-order valence-corrected chi connectivity index (χ3v) is 5.31. The molecule has 0 saturated carbocycles. The first-order valence-corrected chi connectivity index (χ1v) is 10.3. The summed E-state index contributed by atoms with van der Waals surface area (Å²) in [6, 6.07) is 1.45. The molecule has 1 fully saturated rings. The molecule has 2 aliphatic rings. The van der Waals surface area contributed by atoms with Crippen LogP contribution in [0.4, 0.5) is 10.5 Å². The number of nitrogens with two attached hydrogens (primary N) is 1. The van der Waals surface area contributed by atoms with E-state index in [4.69, 9.17) is 31.5 Å². The fourth-order valence-corrected chi connectivity index (χ4v) is 3.59. The van der Waals surface area contributed by atoms with Crippen molar-refractivity contribution in [3.8, 4) is 11.5 Å². The molecule has 1 aromatic carbocycles. The molecule has 1 aromatic rings. The van der Waals surface area contributed by atoms with Crippen molar-refractivity contribution < 1.29 is 28.9 Å². The average Bonchev–Trinajstić information content (AvgIpc) is 2.68. The van der Waals surface area contributed by atoms with Crippen molar-refractivity contribution in [2.75, 3.05) is 38.6 Å². The lowest BCUT2D eigenvalue weighted by Crippen LogP contribution is -2.50. The van der Waals surface area contributed by atoms with Crippen molar-refractivity contribution in [3.63, 3.8) is 0 Å². The standard InChI is InChI=1S/C20H28ClN3O6/c1-20(2,3)30-19(27)24-5-4-11(14(25)10-24)9-23-18(26)12-8-13(22)15(21)17-16(12)28-6-7-29-17/h8,11,14,25H,4-7,9-10,22H2,1-3H3,(H,23,26)/t11-,14?/m0/s1. The molecule has 1 unspecified atom stereocenters. The highest BCUT2D eigenvalue weighted by Gasteiger charge is 2.33. The Labute approximate surface area is 180 Å². The van der Waals surface area contributed by atoms with Crippen LogP contribution in [0.15, 0.2) is 6.07 Å². The van der Waals surface area contributed by atoms with E-state index < -0.39 is 23.7 Å². The minimum atomic E-state index is -0.782. The SMILES string of the molecule is CC(C)(C)OC(=O)N1CC[C@@H](CNC(=O)c2cc(N)c(Cl)c3c2OCCO3)C(O)C1. The Bertz CT molecular complexity index is 826. The Kier molecular flexibility index (Phi) is 6.52. The lowest BCUT2D eigenvalue weighted by atomic mass is 9.94. The maximum absolute atomic E-state index is 12.7. The van der Waals surface area contributed by atoms with Gasteiger partial charge in [0.1, 0.15) is 23.8 Å². The van der Waals surface area contributed by atoms with Crippen molar-refractivity contribution in [1.29, 1.82) is 0 Å². The minimum absolute atomic E-state index is 0.149. The number of carbonyl (C=O) groups is 2. The van der Waals surface area contributed by atoms with Crippen LogP contribution in [0.25, 0.3) is 0 Å². The number of nitrogen functional groups attached to an aromatic ring is 1. The number of aliphatic hydroxyl groups is 1. The zero-order valence-corrected chi connectivity index (χ0v) is 18.1. The summed E-state index contributed by atoms with van der Waals surface area (Å²) >= 11 is 6.15. The number of nitrogens with one attached hydrogen (secondary N) is 1. The van der Waals surface area contributed by atoms with Crippen LogP contribution in [-0.2, 0) is 4.74 Å². The first-order valence-electron chi connectivity index (χ1n) is 9.88. The molecule has 166 valence electrons. The quantitative estimate of drug-likeness (QED) is 0.613. The molecule has 2 atom stereocenters. The Morgan fingerprint density at radius 1 is 1.33 bits per heavy atom. The summed E-state index contributed by atoms with van der Waals surface area (Å²) in [6.45, 7) is 6.82. The van der Waals surface area contributed by atoms with Gasteiger partial charge in [0.15, 0.2) is 11.5 Å². The van der Waals surface area contributed by atoms with Crippen LogP contribution in [-0.4, -0.2) is 66.6 Å². The Hall–Kier alpha value is -2.39. The van der Waals surface area contributed by atoms with E-state index in [0.29, 0.717) is 26.2 Å². The number of aliphatic hydroxyl groups excluding tert-OH is 1. The molecule has 0 aliphatic carbocycles. The molecule has 0 radical (unpaired) electrons. The Morgan fingerprint density at radius 3 is 2.63 bits per heavy atom. The molecule has 30 heavy (non-hydrogen) atoms. The normalized spacial score (nSPS) is 21.2. The number of fused-ring (bicyclic) bond motifs is 1. The van der Waals surface area contributed by atoms with Crippen molar-refractivity contribution in [2.24, 2.45) is 5.92 Å². The van der Waals surface area contributed by atoms with Crippen LogP contribution < -0.4 is 20.5 Å². The summed E-state index contributed by atoms with van der Waals surface area (Å²) in [7, 11) is 0. The largest absolute Gasteiger partial charge is 0.485 e. The van der Waals surface area contributed by atoms with Crippen LogP contribution in [0.2, 0.25) is 5.02 Å². The summed E-state index contributed by atoms with van der Waals surface area (Å²) in [5, 5.41) is 13.5. The molecule has 9 nitrogen and oxygen atoms in total. The number of benzene rings is 1. The topological polar surface area (TPSA) is 123 Å². The molecule has 0 bridgehead atoms. The molecule has 1 saturated heterocycles. The number of carbonyl (C=O) groups excluding carboxylic acids is 2. The lowest BCUT2D eigenvalue weighted by molar-refractivity contribution is -0.0122. The van der Waals surface area contributed by atoms with E-state index in [1.54, 1.807) is 20.8 Å². The first kappa shape index (κ1) is 22.3. The molecule has 10 heteroatoms. The van der Waals surface area contributed by atoms with Gasteiger partial charge in [0.05, 0.1) is 23.9 Å². The fourth-order valence-electron chi connectivity index (χ4n) is 3.40. The van der Waals surface area contributed by atoms with Crippen LogP contribution in [0.1, 0.15) is 37.6 Å². The second kappa shape index (κ2) is 8.77. The van der Waals surface area contributed by atoms with Gasteiger partial charge in [0.2, 0.25) is 0 Å². The predicted molar refractivity (Wildman–Crippen MR) is 111 cm³/mol. The molecule has 4 N–H and O–H groups in total. The summed E-state index contributed by atoms with van der Waals surface area (Å²) in [6.07, 6.45) is -0.707. The van der Waals surface area contributed by atoms with Crippen molar-refractivity contribution in [2.45, 2.75) is 38.9 Å². The third-order valence-electron chi connectivity index (χ3n) is 4.92. The molecular weight excluding hydrogens is 414 g/mol. The monoisotopic (exact) mass is 441 g/mol. The number of likely N-dealkylation sites (tertiary alicyclic amines) is 1. The molecule has 0 spiro atoms. The maximum Gasteiger partial charge on any atom is 0.410 e. The highest BCUT2D eigenvalue weighted by atomic mass is 35.5. The van der Waals surface area contributed by atoms with Gasteiger partial charge in [-0.3, -0.25) is 4.79 Å². The summed E-state index contributed by atoms with van der Waals surface area (Å²) in [5.41, 5.74) is 5.74. The molecule has 2 heterocycles. The highest BCUT2D eigenvalue weighted by Crippen LogP contribution is 2.43. The van der Waals surface area contributed by atoms with E-state index in [-0.39, 0.29) is 46.8 Å². The molecular formula is C20H28ClN3O6. The second-order valence-corrected chi connectivity index (χ2v) is 8.81. The van der Waals surface area contributed by atoms with Gasteiger partial charge >= 0.3 is 6.09 Å². The summed E-state index contributed by atoms with van der Waals surface area (Å²) in [5.74, 6) is -0.0795. The van der Waals surface area contributed by atoms with Gasteiger partial charge in [-0.2, -0.15) is 0 Å². The number of rotatable bonds is 3. The van der Waals surface area contributed by atoms with Crippen LogP contribution in [0.3, 0.4) is 0 Å². The van der Waals surface area contributed by atoms with Crippen molar-refractivity contribution >= 4 is 29.3 Å². The molecule has 2 aliphatic heterocycles. The number of nitrogens with zero attached hydrogens (tertiary/aromatic N) is 1. The van der Waals surface area contributed by atoms with Gasteiger partial charge < -0.3 is 35.3 Å². The number of hydrogen-bond donors (Lipinski definition) is 3. The van der Waals surface area contributed by atoms with E-state index in [1.165, 1.54) is 11.0 Å². The fraction of sp³-hybridized carbons (Fsp3) is 0.600. The Balaban J connectivity index is 1.60. The van der Waals surface area contributed by atoms with Gasteiger partial charge in [0, 0.05) is 19.0 Å². The average molecular weight is 442 g/mol.